The maximum absolute atomic E-state index is 12.9. The van der Waals surface area contributed by atoms with Crippen molar-refractivity contribution in [2.45, 2.75) is 19.4 Å². The van der Waals surface area contributed by atoms with Crippen LogP contribution in [0.1, 0.15) is 23.7 Å². The molecule has 9 heteroatoms. The van der Waals surface area contributed by atoms with Crippen molar-refractivity contribution >= 4 is 33.6 Å². The molecule has 0 aromatic heterocycles. The number of esters is 1. The first-order valence-corrected chi connectivity index (χ1v) is 10.5. The van der Waals surface area contributed by atoms with Gasteiger partial charge in [-0.15, -0.1) is 0 Å². The lowest BCUT2D eigenvalue weighted by Gasteiger charge is -2.18. The molecule has 0 aliphatic heterocycles. The van der Waals surface area contributed by atoms with Crippen LogP contribution < -0.4 is 5.32 Å². The van der Waals surface area contributed by atoms with Crippen molar-refractivity contribution in [2.75, 3.05) is 12.4 Å². The molecular formula is C19H20ClNO6S. The molecule has 28 heavy (non-hydrogen) atoms. The van der Waals surface area contributed by atoms with Gasteiger partial charge >= 0.3 is 5.97 Å². The van der Waals surface area contributed by atoms with E-state index in [1.807, 2.05) is 30.3 Å². The summed E-state index contributed by atoms with van der Waals surface area (Å²) in [5.41, 5.74) is 1.46. The van der Waals surface area contributed by atoms with Crippen molar-refractivity contribution in [1.82, 2.24) is 5.32 Å². The molecule has 2 aromatic rings. The molecule has 2 rings (SSSR count). The van der Waals surface area contributed by atoms with Crippen LogP contribution in [0.3, 0.4) is 0 Å². The average Bonchev–Trinajstić information content (AvgIpc) is 2.64. The first-order chi connectivity index (χ1) is 13.2. The van der Waals surface area contributed by atoms with Gasteiger partial charge in [-0.25, -0.2) is 4.79 Å². The fourth-order valence-electron chi connectivity index (χ4n) is 2.60. The molecule has 0 aliphatic rings. The smallest absolute Gasteiger partial charge is 0.328 e. The van der Waals surface area contributed by atoms with Gasteiger partial charge in [-0.3, -0.25) is 9.35 Å². The van der Waals surface area contributed by atoms with Crippen molar-refractivity contribution < 1.29 is 27.3 Å². The Morgan fingerprint density at radius 2 is 1.82 bits per heavy atom. The molecule has 0 aliphatic carbocycles. The molecule has 7 nitrogen and oxygen atoms in total. The second kappa shape index (κ2) is 9.68. The van der Waals surface area contributed by atoms with E-state index < -0.39 is 33.8 Å². The topological polar surface area (TPSA) is 110 Å². The van der Waals surface area contributed by atoms with E-state index in [4.69, 9.17) is 20.9 Å². The average molecular weight is 426 g/mol. The maximum Gasteiger partial charge on any atom is 0.328 e. The molecule has 0 radical (unpaired) electrons. The molecule has 0 unspecified atom stereocenters. The van der Waals surface area contributed by atoms with Gasteiger partial charge in [0.25, 0.3) is 16.0 Å². The van der Waals surface area contributed by atoms with Crippen LogP contribution >= 0.6 is 11.6 Å². The molecule has 0 bridgehead atoms. The number of ether oxygens (including phenoxy) is 1. The Morgan fingerprint density at radius 1 is 1.14 bits per heavy atom. The van der Waals surface area contributed by atoms with E-state index in [2.05, 4.69) is 5.32 Å². The number of benzene rings is 2. The van der Waals surface area contributed by atoms with E-state index in [1.165, 1.54) is 0 Å². The van der Waals surface area contributed by atoms with E-state index >= 15 is 0 Å². The molecule has 150 valence electrons. The normalized spacial score (nSPS) is 12.2. The Labute approximate surface area is 168 Å². The van der Waals surface area contributed by atoms with E-state index in [0.717, 1.165) is 5.56 Å². The Hall–Kier alpha value is -2.42. The van der Waals surface area contributed by atoms with Crippen molar-refractivity contribution in [3.63, 3.8) is 0 Å². The van der Waals surface area contributed by atoms with Gasteiger partial charge in [0.15, 0.2) is 0 Å². The number of rotatable bonds is 8. The predicted molar refractivity (Wildman–Crippen MR) is 106 cm³/mol. The van der Waals surface area contributed by atoms with Crippen LogP contribution in [-0.2, 0) is 19.6 Å². The summed E-state index contributed by atoms with van der Waals surface area (Å²) in [6.45, 7) is 1.64. The van der Waals surface area contributed by atoms with Gasteiger partial charge in [-0.1, -0.05) is 54.1 Å². The van der Waals surface area contributed by atoms with Gasteiger partial charge < -0.3 is 10.1 Å². The minimum Gasteiger partial charge on any atom is -0.464 e. The molecule has 0 spiro atoms. The van der Waals surface area contributed by atoms with Gasteiger partial charge in [-0.05, 0) is 30.5 Å². The molecule has 2 N–H and O–H groups in total. The molecule has 0 heterocycles. The fourth-order valence-corrected chi connectivity index (χ4v) is 3.40. The third-order valence-electron chi connectivity index (χ3n) is 3.87. The summed E-state index contributed by atoms with van der Waals surface area (Å²) in [6.07, 6.45) is -0.339. The number of carbonyl (C=O) groups excluding carboxylic acids is 2. The van der Waals surface area contributed by atoms with Crippen molar-refractivity contribution in [2.24, 2.45) is 0 Å². The van der Waals surface area contributed by atoms with Crippen LogP contribution in [0.15, 0.2) is 48.5 Å². The Kier molecular flexibility index (Phi) is 7.56. The molecular weight excluding hydrogens is 406 g/mol. The van der Waals surface area contributed by atoms with Crippen LogP contribution in [-0.4, -0.2) is 43.2 Å². The summed E-state index contributed by atoms with van der Waals surface area (Å²) in [7, 11) is -4.31. The second-order valence-electron chi connectivity index (χ2n) is 5.88. The van der Waals surface area contributed by atoms with E-state index in [0.29, 0.717) is 5.56 Å². The largest absolute Gasteiger partial charge is 0.464 e. The molecule has 1 amide bonds. The first-order valence-electron chi connectivity index (χ1n) is 8.49. The van der Waals surface area contributed by atoms with E-state index in [9.17, 15) is 18.0 Å². The van der Waals surface area contributed by atoms with Gasteiger partial charge in [0.1, 0.15) is 6.04 Å². The third kappa shape index (κ3) is 6.05. The Morgan fingerprint density at radius 3 is 2.43 bits per heavy atom. The zero-order valence-corrected chi connectivity index (χ0v) is 16.7. The Balaban J connectivity index is 2.34. The molecule has 0 fully saturated rings. The summed E-state index contributed by atoms with van der Waals surface area (Å²) in [5.74, 6) is -2.16. The van der Waals surface area contributed by atoms with Gasteiger partial charge in [0, 0.05) is 0 Å². The summed E-state index contributed by atoms with van der Waals surface area (Å²) in [5, 5.41) is 2.65. The number of nitrogens with one attached hydrogen (secondary N) is 1. The molecule has 0 saturated heterocycles. The molecule has 2 aromatic carbocycles. The van der Waals surface area contributed by atoms with Crippen LogP contribution in [0.5, 0.6) is 0 Å². The fraction of sp³-hybridized carbons (Fsp3) is 0.263. The van der Waals surface area contributed by atoms with Crippen molar-refractivity contribution in [3.05, 3.63) is 59.1 Å². The summed E-state index contributed by atoms with van der Waals surface area (Å²) < 4.78 is 35.9. The number of hydrogen-bond acceptors (Lipinski definition) is 5. The van der Waals surface area contributed by atoms with Gasteiger partial charge in [0.05, 0.1) is 22.9 Å². The van der Waals surface area contributed by atoms with Gasteiger partial charge in [-0.2, -0.15) is 8.42 Å². The predicted octanol–water partition coefficient (Wildman–Crippen LogP) is 2.95. The van der Waals surface area contributed by atoms with Crippen molar-refractivity contribution in [1.29, 1.82) is 0 Å². The lowest BCUT2D eigenvalue weighted by molar-refractivity contribution is -0.145. The highest BCUT2D eigenvalue weighted by molar-refractivity contribution is 7.85. The highest BCUT2D eigenvalue weighted by Gasteiger charge is 2.26. The zero-order chi connectivity index (χ0) is 20.7. The van der Waals surface area contributed by atoms with Crippen molar-refractivity contribution in [3.8, 4) is 11.1 Å². The van der Waals surface area contributed by atoms with E-state index in [-0.39, 0.29) is 23.6 Å². The van der Waals surface area contributed by atoms with Crippen LogP contribution in [0.2, 0.25) is 5.02 Å². The first kappa shape index (κ1) is 21.9. The summed E-state index contributed by atoms with van der Waals surface area (Å²) >= 11 is 6.24. The summed E-state index contributed by atoms with van der Waals surface area (Å²) in [4.78, 5) is 25.0. The quantitative estimate of drug-likeness (QED) is 0.497. The maximum atomic E-state index is 12.9. The van der Waals surface area contributed by atoms with Crippen LogP contribution in [0.4, 0.5) is 0 Å². The van der Waals surface area contributed by atoms with Gasteiger partial charge in [0.2, 0.25) is 0 Å². The molecule has 1 atom stereocenters. The Bertz CT molecular complexity index is 946. The highest BCUT2D eigenvalue weighted by Crippen LogP contribution is 2.29. The number of halogens is 1. The number of amides is 1. The highest BCUT2D eigenvalue weighted by atomic mass is 35.5. The lowest BCUT2D eigenvalue weighted by atomic mass is 9.99. The van der Waals surface area contributed by atoms with Crippen LogP contribution in [0.25, 0.3) is 11.1 Å². The minimum atomic E-state index is -4.31. The van der Waals surface area contributed by atoms with E-state index in [1.54, 1.807) is 25.1 Å². The van der Waals surface area contributed by atoms with Crippen LogP contribution in [0, 0.1) is 0 Å². The number of carbonyl (C=O) groups is 2. The second-order valence-corrected chi connectivity index (χ2v) is 7.86. The number of hydrogen-bond donors (Lipinski definition) is 2. The third-order valence-corrected chi connectivity index (χ3v) is 4.93. The monoisotopic (exact) mass is 425 g/mol. The standard InChI is InChI=1S/C19H20ClNO6S/c1-2-27-19(23)16(11-12-28(24,25)26)21-18(22)17-14(9-6-10-15(17)20)13-7-4-3-5-8-13/h3-10,16H,2,11-12H2,1H3,(H,21,22)(H,24,25,26)/t16-/m0/s1. The minimum absolute atomic E-state index is 0.0540. The summed E-state index contributed by atoms with van der Waals surface area (Å²) in [6, 6.07) is 12.8. The zero-order valence-electron chi connectivity index (χ0n) is 15.1. The SMILES string of the molecule is CCOC(=O)[C@H](CCS(=O)(=O)O)NC(=O)c1c(Cl)cccc1-c1ccccc1. The molecule has 0 saturated carbocycles. The lowest BCUT2D eigenvalue weighted by Crippen LogP contribution is -2.43.